The average molecular weight is 816 g/mol. The number of ether oxygens (including phenoxy) is 8. The van der Waals surface area contributed by atoms with Gasteiger partial charge in [-0.1, -0.05) is 24.3 Å². The third-order valence-electron chi connectivity index (χ3n) is 8.91. The van der Waals surface area contributed by atoms with E-state index in [1.54, 1.807) is 36.4 Å². The number of nitrogens with one attached hydrogen (secondary N) is 1. The minimum Gasteiger partial charge on any atom is -0.507 e. The molecule has 1 amide bonds. The van der Waals surface area contributed by atoms with Gasteiger partial charge in [0.1, 0.15) is 34.1 Å². The maximum atomic E-state index is 13.0. The minimum absolute atomic E-state index is 0.00604. The van der Waals surface area contributed by atoms with Crippen molar-refractivity contribution in [2.75, 3.05) is 40.9 Å². The molecule has 3 N–H and O–H groups in total. The van der Waals surface area contributed by atoms with E-state index in [0.717, 1.165) is 11.1 Å². The number of hydrogen-bond acceptors (Lipinski definition) is 14. The number of amides is 1. The SMILES string of the molecule is COc1cc(O)c(C(=O)Oc2ccc(C(=O)Nc3ccc(-c4ccc(OC(=O)c5ccc(OC(=O)c6cc(OC)c(OC)cc6O)c(OC)c5)cc4)cc3)cc2)cc1OC. The van der Waals surface area contributed by atoms with Gasteiger partial charge in [-0.2, -0.15) is 0 Å². The highest BCUT2D eigenvalue weighted by atomic mass is 16.6. The van der Waals surface area contributed by atoms with Crippen LogP contribution < -0.4 is 43.2 Å². The van der Waals surface area contributed by atoms with Crippen molar-refractivity contribution in [3.63, 3.8) is 0 Å². The van der Waals surface area contributed by atoms with Crippen molar-refractivity contribution in [2.45, 2.75) is 0 Å². The largest absolute Gasteiger partial charge is 0.507 e. The predicted molar refractivity (Wildman–Crippen MR) is 217 cm³/mol. The second kappa shape index (κ2) is 18.4. The molecule has 0 saturated carbocycles. The Balaban J connectivity index is 1.03. The Labute approximate surface area is 343 Å². The molecule has 0 fully saturated rings. The van der Waals surface area contributed by atoms with E-state index in [0.29, 0.717) is 11.3 Å². The molecule has 0 radical (unpaired) electrons. The van der Waals surface area contributed by atoms with Crippen LogP contribution >= 0.6 is 0 Å². The zero-order valence-electron chi connectivity index (χ0n) is 32.8. The second-order valence-electron chi connectivity index (χ2n) is 12.6. The number of aromatic hydroxyl groups is 2. The number of carbonyl (C=O) groups excluding carboxylic acids is 4. The Morgan fingerprint density at radius 2 is 0.817 bits per heavy atom. The first kappa shape index (κ1) is 41.4. The quantitative estimate of drug-likeness (QED) is 0.0714. The lowest BCUT2D eigenvalue weighted by molar-refractivity contribution is 0.0717. The van der Waals surface area contributed by atoms with E-state index in [2.05, 4.69) is 5.32 Å². The molecule has 60 heavy (non-hydrogen) atoms. The maximum Gasteiger partial charge on any atom is 0.347 e. The van der Waals surface area contributed by atoms with Crippen LogP contribution in [0.2, 0.25) is 0 Å². The molecule has 6 aromatic carbocycles. The summed E-state index contributed by atoms with van der Waals surface area (Å²) in [6.07, 6.45) is 0. The predicted octanol–water partition coefficient (Wildman–Crippen LogP) is 7.72. The maximum absolute atomic E-state index is 13.0. The summed E-state index contributed by atoms with van der Waals surface area (Å²) < 4.78 is 42.4. The monoisotopic (exact) mass is 815 g/mol. The molecule has 0 saturated heterocycles. The van der Waals surface area contributed by atoms with Gasteiger partial charge >= 0.3 is 17.9 Å². The summed E-state index contributed by atoms with van der Waals surface area (Å²) in [5, 5.41) is 23.4. The lowest BCUT2D eigenvalue weighted by Gasteiger charge is -2.13. The van der Waals surface area contributed by atoms with Crippen LogP contribution in [0, 0.1) is 0 Å². The Bertz CT molecular complexity index is 2550. The van der Waals surface area contributed by atoms with E-state index in [9.17, 15) is 29.4 Å². The van der Waals surface area contributed by atoms with Crippen molar-refractivity contribution in [1.82, 2.24) is 0 Å². The van der Waals surface area contributed by atoms with Crippen LogP contribution in [0.25, 0.3) is 11.1 Å². The van der Waals surface area contributed by atoms with Gasteiger partial charge in [0.05, 0.1) is 41.1 Å². The number of methoxy groups -OCH3 is 5. The zero-order valence-corrected chi connectivity index (χ0v) is 32.8. The van der Waals surface area contributed by atoms with Gasteiger partial charge in [-0.25, -0.2) is 14.4 Å². The van der Waals surface area contributed by atoms with E-state index in [-0.39, 0.29) is 74.2 Å². The van der Waals surface area contributed by atoms with E-state index in [1.165, 1.54) is 102 Å². The zero-order chi connectivity index (χ0) is 42.9. The summed E-state index contributed by atoms with van der Waals surface area (Å²) in [5.41, 5.74) is 2.30. The Morgan fingerprint density at radius 3 is 1.32 bits per heavy atom. The number of benzene rings is 6. The van der Waals surface area contributed by atoms with Crippen molar-refractivity contribution in [1.29, 1.82) is 0 Å². The van der Waals surface area contributed by atoms with Crippen molar-refractivity contribution >= 4 is 29.5 Å². The summed E-state index contributed by atoms with van der Waals surface area (Å²) >= 11 is 0. The Hall–Kier alpha value is -8.20. The average Bonchev–Trinajstić information content (AvgIpc) is 3.26. The van der Waals surface area contributed by atoms with Gasteiger partial charge in [-0.3, -0.25) is 4.79 Å². The molecule has 0 spiro atoms. The molecule has 15 heteroatoms. The van der Waals surface area contributed by atoms with Gasteiger partial charge in [0.15, 0.2) is 34.5 Å². The Kier molecular flexibility index (Phi) is 12.7. The molecule has 0 aliphatic carbocycles. The first-order valence-corrected chi connectivity index (χ1v) is 17.8. The van der Waals surface area contributed by atoms with Crippen LogP contribution in [0.4, 0.5) is 5.69 Å². The summed E-state index contributed by atoms with van der Waals surface area (Å²) in [6.45, 7) is 0. The van der Waals surface area contributed by atoms with Gasteiger partial charge < -0.3 is 53.4 Å². The molecule has 6 rings (SSSR count). The summed E-state index contributed by atoms with van der Waals surface area (Å²) in [6, 6.07) is 29.0. The van der Waals surface area contributed by atoms with Crippen LogP contribution in [-0.2, 0) is 0 Å². The number of phenols is 2. The van der Waals surface area contributed by atoms with Crippen LogP contribution in [0.3, 0.4) is 0 Å². The molecule has 0 atom stereocenters. The number of phenolic OH excluding ortho intramolecular Hbond substituents is 2. The third kappa shape index (κ3) is 9.32. The van der Waals surface area contributed by atoms with E-state index in [1.807, 2.05) is 12.1 Å². The number of anilines is 1. The fraction of sp³-hybridized carbons (Fsp3) is 0.111. The number of esters is 3. The normalized spacial score (nSPS) is 10.5. The van der Waals surface area contributed by atoms with Crippen LogP contribution in [0.15, 0.2) is 115 Å². The van der Waals surface area contributed by atoms with Gasteiger partial charge in [-0.15, -0.1) is 0 Å². The minimum atomic E-state index is -0.900. The Morgan fingerprint density at radius 1 is 0.417 bits per heavy atom. The number of carbonyl (C=O) groups is 4. The van der Waals surface area contributed by atoms with Crippen LogP contribution in [0.5, 0.6) is 57.5 Å². The fourth-order valence-electron chi connectivity index (χ4n) is 5.76. The van der Waals surface area contributed by atoms with Crippen LogP contribution in [-0.4, -0.2) is 69.6 Å². The molecular formula is C45H37NO14. The van der Waals surface area contributed by atoms with E-state index in [4.69, 9.17) is 37.9 Å². The lowest BCUT2D eigenvalue weighted by Crippen LogP contribution is -2.12. The lowest BCUT2D eigenvalue weighted by atomic mass is 10.1. The molecule has 0 heterocycles. The third-order valence-corrected chi connectivity index (χ3v) is 8.91. The summed E-state index contributed by atoms with van der Waals surface area (Å²) in [7, 11) is 6.92. The molecule has 0 aliphatic rings. The highest BCUT2D eigenvalue weighted by Gasteiger charge is 2.22. The molecular weight excluding hydrogens is 778 g/mol. The molecule has 0 aromatic heterocycles. The van der Waals surface area contributed by atoms with Gasteiger partial charge in [-0.05, 0) is 77.9 Å². The standard InChI is InChI=1S/C45H37NO14/c1-53-37-20-28(12-19-36(37)60-45(52)33-22-39(55-3)41(57-5)24-35(33)48)43(50)58-30-15-8-26(9-16-30)25-6-13-29(14-7-25)46-42(49)27-10-17-31(18-11-27)59-44(51)32-21-38(54-2)40(56-4)23-34(32)47/h6-24,47-48H,1-5H3,(H,46,49). The highest BCUT2D eigenvalue weighted by Crippen LogP contribution is 2.37. The van der Waals surface area contributed by atoms with Gasteiger partial charge in [0.25, 0.3) is 5.91 Å². The van der Waals surface area contributed by atoms with Gasteiger partial charge in [0, 0.05) is 35.5 Å². The van der Waals surface area contributed by atoms with Crippen molar-refractivity contribution < 1.29 is 67.3 Å². The topological polar surface area (TPSA) is 195 Å². The highest BCUT2D eigenvalue weighted by molar-refractivity contribution is 6.04. The fourth-order valence-corrected chi connectivity index (χ4v) is 5.76. The number of hydrogen-bond donors (Lipinski definition) is 3. The molecule has 0 bridgehead atoms. The van der Waals surface area contributed by atoms with Crippen molar-refractivity contribution in [3.05, 3.63) is 138 Å². The van der Waals surface area contributed by atoms with Crippen LogP contribution in [0.1, 0.15) is 41.4 Å². The van der Waals surface area contributed by atoms with E-state index >= 15 is 0 Å². The molecule has 0 unspecified atom stereocenters. The second-order valence-corrected chi connectivity index (χ2v) is 12.6. The summed E-state index contributed by atoms with van der Waals surface area (Å²) in [4.78, 5) is 51.6. The van der Waals surface area contributed by atoms with Crippen molar-refractivity contribution in [3.8, 4) is 68.6 Å². The summed E-state index contributed by atoms with van der Waals surface area (Å²) in [5.74, 6) is -2.14. The molecule has 0 aliphatic heterocycles. The first-order chi connectivity index (χ1) is 28.9. The first-order valence-electron chi connectivity index (χ1n) is 17.8. The van der Waals surface area contributed by atoms with Crippen molar-refractivity contribution in [2.24, 2.45) is 0 Å². The molecule has 6 aromatic rings. The van der Waals surface area contributed by atoms with E-state index < -0.39 is 23.8 Å². The number of rotatable bonds is 14. The van der Waals surface area contributed by atoms with Gasteiger partial charge in [0.2, 0.25) is 0 Å². The molecule has 306 valence electrons. The molecule has 15 nitrogen and oxygen atoms in total. The smallest absolute Gasteiger partial charge is 0.347 e.